The minimum Gasteiger partial charge on any atom is -0.490 e. The Balaban J connectivity index is 1.64. The summed E-state index contributed by atoms with van der Waals surface area (Å²) in [5.74, 6) is 0.622. The standard InChI is InChI=1S/C17H17Cl2NO2/c18-14-8-5-13(6-9-14)7-10-17(21)20-11-12-22-16-4-2-1-3-15(16)19/h1-6,8-9H,7,10-12H2,(H,20,21). The monoisotopic (exact) mass is 337 g/mol. The Morgan fingerprint density at radius 3 is 2.50 bits per heavy atom. The molecule has 0 saturated carbocycles. The van der Waals surface area contributed by atoms with E-state index in [0.717, 1.165) is 5.56 Å². The topological polar surface area (TPSA) is 38.3 Å². The van der Waals surface area contributed by atoms with Gasteiger partial charge >= 0.3 is 0 Å². The first-order valence-corrected chi connectivity index (χ1v) is 7.79. The zero-order valence-corrected chi connectivity index (χ0v) is 13.5. The molecule has 0 aliphatic heterocycles. The number of carbonyl (C=O) groups is 1. The number of ether oxygens (including phenoxy) is 1. The summed E-state index contributed by atoms with van der Waals surface area (Å²) in [6, 6.07) is 14.8. The molecule has 1 N–H and O–H groups in total. The Labute approximate surface area is 140 Å². The van der Waals surface area contributed by atoms with Gasteiger partial charge in [0.15, 0.2) is 0 Å². The molecule has 3 nitrogen and oxygen atoms in total. The van der Waals surface area contributed by atoms with Crippen LogP contribution in [0, 0.1) is 0 Å². The third-order valence-electron chi connectivity index (χ3n) is 3.07. The summed E-state index contributed by atoms with van der Waals surface area (Å²) in [6.45, 7) is 0.834. The van der Waals surface area contributed by atoms with Crippen LogP contribution in [0.25, 0.3) is 0 Å². The zero-order chi connectivity index (χ0) is 15.8. The minimum atomic E-state index is -0.00212. The maximum Gasteiger partial charge on any atom is 0.220 e. The van der Waals surface area contributed by atoms with E-state index < -0.39 is 0 Å². The van der Waals surface area contributed by atoms with Crippen LogP contribution in [0.4, 0.5) is 0 Å². The number of benzene rings is 2. The fourth-order valence-corrected chi connectivity index (χ4v) is 2.23. The smallest absolute Gasteiger partial charge is 0.220 e. The lowest BCUT2D eigenvalue weighted by molar-refractivity contribution is -0.121. The molecule has 0 aliphatic carbocycles. The van der Waals surface area contributed by atoms with Crippen LogP contribution in [0.3, 0.4) is 0 Å². The summed E-state index contributed by atoms with van der Waals surface area (Å²) in [5.41, 5.74) is 1.09. The van der Waals surface area contributed by atoms with Crippen molar-refractivity contribution in [3.8, 4) is 5.75 Å². The molecular weight excluding hydrogens is 321 g/mol. The van der Waals surface area contributed by atoms with E-state index in [1.54, 1.807) is 12.1 Å². The van der Waals surface area contributed by atoms with Crippen molar-refractivity contribution in [2.45, 2.75) is 12.8 Å². The Morgan fingerprint density at radius 2 is 1.77 bits per heavy atom. The average molecular weight is 338 g/mol. The highest BCUT2D eigenvalue weighted by atomic mass is 35.5. The van der Waals surface area contributed by atoms with Gasteiger partial charge < -0.3 is 10.1 Å². The second-order valence-electron chi connectivity index (χ2n) is 4.76. The minimum absolute atomic E-state index is 0.00212. The molecule has 0 radical (unpaired) electrons. The fraction of sp³-hybridized carbons (Fsp3) is 0.235. The second kappa shape index (κ2) is 8.66. The van der Waals surface area contributed by atoms with E-state index in [1.165, 1.54) is 0 Å². The molecule has 0 spiro atoms. The SMILES string of the molecule is O=C(CCc1ccc(Cl)cc1)NCCOc1ccccc1Cl. The van der Waals surface area contributed by atoms with E-state index in [2.05, 4.69) is 5.32 Å². The number of hydrogen-bond donors (Lipinski definition) is 1. The lowest BCUT2D eigenvalue weighted by atomic mass is 10.1. The van der Waals surface area contributed by atoms with E-state index in [9.17, 15) is 4.79 Å². The average Bonchev–Trinajstić information content (AvgIpc) is 2.52. The molecule has 1 amide bonds. The van der Waals surface area contributed by atoms with Gasteiger partial charge in [0.1, 0.15) is 12.4 Å². The lowest BCUT2D eigenvalue weighted by Gasteiger charge is -2.09. The van der Waals surface area contributed by atoms with Crippen LogP contribution in [0.1, 0.15) is 12.0 Å². The first-order chi connectivity index (χ1) is 10.6. The highest BCUT2D eigenvalue weighted by molar-refractivity contribution is 6.32. The first kappa shape index (κ1) is 16.7. The summed E-state index contributed by atoms with van der Waals surface area (Å²) < 4.78 is 5.50. The molecule has 0 saturated heterocycles. The van der Waals surface area contributed by atoms with Crippen molar-refractivity contribution in [1.82, 2.24) is 5.32 Å². The van der Waals surface area contributed by atoms with Crippen molar-refractivity contribution in [3.05, 3.63) is 64.1 Å². The Bertz CT molecular complexity index is 614. The van der Waals surface area contributed by atoms with E-state index >= 15 is 0 Å². The van der Waals surface area contributed by atoms with Crippen molar-refractivity contribution >= 4 is 29.1 Å². The molecule has 0 aliphatic rings. The van der Waals surface area contributed by atoms with Crippen LogP contribution in [0.15, 0.2) is 48.5 Å². The molecule has 0 bridgehead atoms. The maximum absolute atomic E-state index is 11.7. The zero-order valence-electron chi connectivity index (χ0n) is 12.0. The van der Waals surface area contributed by atoms with Gasteiger partial charge in [0.05, 0.1) is 11.6 Å². The van der Waals surface area contributed by atoms with Crippen LogP contribution in [-0.4, -0.2) is 19.1 Å². The van der Waals surface area contributed by atoms with E-state index in [4.69, 9.17) is 27.9 Å². The molecule has 22 heavy (non-hydrogen) atoms. The quantitative estimate of drug-likeness (QED) is 0.771. The molecule has 116 valence electrons. The third-order valence-corrected chi connectivity index (χ3v) is 3.64. The number of hydrogen-bond acceptors (Lipinski definition) is 2. The van der Waals surface area contributed by atoms with Crippen LogP contribution in [-0.2, 0) is 11.2 Å². The molecule has 2 aromatic carbocycles. The highest BCUT2D eigenvalue weighted by Gasteiger charge is 2.03. The van der Waals surface area contributed by atoms with Crippen molar-refractivity contribution in [2.75, 3.05) is 13.2 Å². The largest absolute Gasteiger partial charge is 0.490 e. The molecule has 5 heteroatoms. The van der Waals surface area contributed by atoms with Crippen molar-refractivity contribution in [1.29, 1.82) is 0 Å². The van der Waals surface area contributed by atoms with E-state index in [0.29, 0.717) is 41.8 Å². The number of rotatable bonds is 7. The molecule has 0 fully saturated rings. The van der Waals surface area contributed by atoms with Gasteiger partial charge in [-0.3, -0.25) is 4.79 Å². The number of nitrogens with one attached hydrogen (secondary N) is 1. The first-order valence-electron chi connectivity index (χ1n) is 7.03. The molecular formula is C17H17Cl2NO2. The molecule has 0 aromatic heterocycles. The number of carbonyl (C=O) groups excluding carboxylic acids is 1. The van der Waals surface area contributed by atoms with Gasteiger partial charge in [0, 0.05) is 11.4 Å². The fourth-order valence-electron chi connectivity index (χ4n) is 1.91. The summed E-state index contributed by atoms with van der Waals surface area (Å²) in [6.07, 6.45) is 1.13. The second-order valence-corrected chi connectivity index (χ2v) is 5.60. The van der Waals surface area contributed by atoms with Gasteiger partial charge in [0.2, 0.25) is 5.91 Å². The van der Waals surface area contributed by atoms with Gasteiger partial charge in [-0.1, -0.05) is 47.5 Å². The van der Waals surface area contributed by atoms with Crippen LogP contribution in [0.5, 0.6) is 5.75 Å². The number of aryl methyl sites for hydroxylation is 1. The van der Waals surface area contributed by atoms with E-state index in [1.807, 2.05) is 36.4 Å². The maximum atomic E-state index is 11.7. The summed E-state index contributed by atoms with van der Waals surface area (Å²) in [7, 11) is 0. The summed E-state index contributed by atoms with van der Waals surface area (Å²) >= 11 is 11.8. The molecule has 2 rings (SSSR count). The van der Waals surface area contributed by atoms with E-state index in [-0.39, 0.29) is 5.91 Å². The Kier molecular flexibility index (Phi) is 6.56. The van der Waals surface area contributed by atoms with Gasteiger partial charge in [0.25, 0.3) is 0 Å². The molecule has 0 atom stereocenters. The summed E-state index contributed by atoms with van der Waals surface area (Å²) in [5, 5.41) is 4.09. The van der Waals surface area contributed by atoms with Crippen molar-refractivity contribution in [2.24, 2.45) is 0 Å². The Morgan fingerprint density at radius 1 is 1.05 bits per heavy atom. The number of halogens is 2. The molecule has 2 aromatic rings. The van der Waals surface area contributed by atoms with Gasteiger partial charge in [-0.2, -0.15) is 0 Å². The third kappa shape index (κ3) is 5.58. The Hall–Kier alpha value is -1.71. The number of amides is 1. The van der Waals surface area contributed by atoms with Crippen LogP contribution >= 0.6 is 23.2 Å². The number of para-hydroxylation sites is 1. The van der Waals surface area contributed by atoms with Crippen molar-refractivity contribution in [3.63, 3.8) is 0 Å². The van der Waals surface area contributed by atoms with Gasteiger partial charge in [-0.15, -0.1) is 0 Å². The van der Waals surface area contributed by atoms with Crippen molar-refractivity contribution < 1.29 is 9.53 Å². The molecule has 0 heterocycles. The van der Waals surface area contributed by atoms with Gasteiger partial charge in [-0.25, -0.2) is 0 Å². The van der Waals surface area contributed by atoms with Crippen LogP contribution < -0.4 is 10.1 Å². The predicted molar refractivity (Wildman–Crippen MR) is 89.7 cm³/mol. The highest BCUT2D eigenvalue weighted by Crippen LogP contribution is 2.22. The summed E-state index contributed by atoms with van der Waals surface area (Å²) in [4.78, 5) is 11.7. The predicted octanol–water partition coefficient (Wildman–Crippen LogP) is 4.12. The molecule has 0 unspecified atom stereocenters. The lowest BCUT2D eigenvalue weighted by Crippen LogP contribution is -2.28. The van der Waals surface area contributed by atoms with Crippen LogP contribution in [0.2, 0.25) is 10.0 Å². The normalized spacial score (nSPS) is 10.3. The van der Waals surface area contributed by atoms with Gasteiger partial charge in [-0.05, 0) is 36.2 Å².